The molecule has 0 N–H and O–H groups in total. The molecule has 0 saturated heterocycles. The number of ether oxygens (including phenoxy) is 3. The topological polar surface area (TPSA) is 65.1 Å². The molecule has 7 heteroatoms. The fourth-order valence-corrected chi connectivity index (χ4v) is 7.31. The molecule has 3 aliphatic rings. The third-order valence-electron chi connectivity index (χ3n) is 8.91. The van der Waals surface area contributed by atoms with Gasteiger partial charge >= 0.3 is 0 Å². The Morgan fingerprint density at radius 2 is 1.52 bits per heavy atom. The van der Waals surface area contributed by atoms with Crippen LogP contribution in [-0.2, 0) is 27.4 Å². The molecular weight excluding hydrogens is 618 g/mol. The second-order valence-electron chi connectivity index (χ2n) is 13.8. The molecule has 0 atom stereocenters. The van der Waals surface area contributed by atoms with Gasteiger partial charge in [0, 0.05) is 65.0 Å². The lowest BCUT2D eigenvalue weighted by molar-refractivity contribution is -0.119. The summed E-state index contributed by atoms with van der Waals surface area (Å²) < 4.78 is 18.9. The van der Waals surface area contributed by atoms with Crippen molar-refractivity contribution in [3.05, 3.63) is 92.8 Å². The van der Waals surface area contributed by atoms with Gasteiger partial charge in [-0.3, -0.25) is 9.59 Å². The van der Waals surface area contributed by atoms with E-state index in [1.165, 1.54) is 0 Å². The first-order valence-corrected chi connectivity index (χ1v) is 16.1. The van der Waals surface area contributed by atoms with Crippen LogP contribution in [0.3, 0.4) is 0 Å². The summed E-state index contributed by atoms with van der Waals surface area (Å²) in [6.45, 7) is 14.1. The molecule has 0 aromatic heterocycles. The summed E-state index contributed by atoms with van der Waals surface area (Å²) >= 11 is 3.49. The zero-order valence-electron chi connectivity index (χ0n) is 26.8. The van der Waals surface area contributed by atoms with Crippen molar-refractivity contribution in [2.45, 2.75) is 72.3 Å². The van der Waals surface area contributed by atoms with Crippen LogP contribution in [0.25, 0.3) is 0 Å². The molecule has 0 unspecified atom stereocenters. The highest BCUT2D eigenvalue weighted by molar-refractivity contribution is 9.10. The molecule has 0 spiro atoms. The number of carbonyl (C=O) groups excluding carboxylic acids is 2. The molecule has 6 nitrogen and oxygen atoms in total. The van der Waals surface area contributed by atoms with Crippen molar-refractivity contribution in [2.24, 2.45) is 10.8 Å². The first-order valence-electron chi connectivity index (χ1n) is 15.4. The van der Waals surface area contributed by atoms with Gasteiger partial charge in [-0.1, -0.05) is 67.9 Å². The minimum atomic E-state index is -0.469. The first kappa shape index (κ1) is 32.2. The van der Waals surface area contributed by atoms with Crippen molar-refractivity contribution in [3.8, 4) is 11.5 Å². The predicted molar refractivity (Wildman–Crippen MR) is 177 cm³/mol. The Bertz CT molecular complexity index is 1480. The Kier molecular flexibility index (Phi) is 9.29. The van der Waals surface area contributed by atoms with E-state index in [1.807, 2.05) is 36.4 Å². The molecule has 5 rings (SSSR count). The van der Waals surface area contributed by atoms with Crippen molar-refractivity contribution in [2.75, 3.05) is 27.4 Å². The van der Waals surface area contributed by atoms with Crippen molar-refractivity contribution in [3.63, 3.8) is 0 Å². The van der Waals surface area contributed by atoms with Crippen LogP contribution in [0.2, 0.25) is 0 Å². The summed E-state index contributed by atoms with van der Waals surface area (Å²) in [4.78, 5) is 30.5. The Morgan fingerprint density at radius 1 is 0.932 bits per heavy atom. The molecule has 1 heterocycles. The second-order valence-corrected chi connectivity index (χ2v) is 14.7. The van der Waals surface area contributed by atoms with Gasteiger partial charge in [-0.25, -0.2) is 0 Å². The Labute approximate surface area is 270 Å². The Morgan fingerprint density at radius 3 is 2.05 bits per heavy atom. The maximum absolute atomic E-state index is 14.1. The van der Waals surface area contributed by atoms with Gasteiger partial charge in [-0.05, 0) is 59.4 Å². The minimum absolute atomic E-state index is 0.104. The summed E-state index contributed by atoms with van der Waals surface area (Å²) in [6.07, 6.45) is 4.78. The number of rotatable bonds is 10. The predicted octanol–water partition coefficient (Wildman–Crippen LogP) is 8.10. The largest absolute Gasteiger partial charge is 0.493 e. The summed E-state index contributed by atoms with van der Waals surface area (Å²) in [7, 11) is 3.33. The highest BCUT2D eigenvalue weighted by Gasteiger charge is 2.49. The molecular formula is C37H44BrNO5. The fraction of sp³-hybridized carbons (Fsp3) is 0.459. The molecule has 0 radical (unpaired) electrons. The molecule has 44 heavy (non-hydrogen) atoms. The summed E-state index contributed by atoms with van der Waals surface area (Å²) in [6, 6.07) is 12.1. The second kappa shape index (κ2) is 12.7. The summed E-state index contributed by atoms with van der Waals surface area (Å²) in [5, 5.41) is 0. The molecule has 0 amide bonds. The molecule has 234 valence electrons. The van der Waals surface area contributed by atoms with E-state index >= 15 is 0 Å². The first-order chi connectivity index (χ1) is 20.9. The molecule has 2 aliphatic carbocycles. The van der Waals surface area contributed by atoms with Crippen LogP contribution in [0.1, 0.15) is 76.0 Å². The van der Waals surface area contributed by atoms with Gasteiger partial charge in [0.25, 0.3) is 0 Å². The zero-order valence-corrected chi connectivity index (χ0v) is 28.4. The number of carbonyl (C=O) groups is 2. The monoisotopic (exact) mass is 661 g/mol. The fourth-order valence-electron chi connectivity index (χ4n) is 7.04. The van der Waals surface area contributed by atoms with E-state index in [-0.39, 0.29) is 22.4 Å². The van der Waals surface area contributed by atoms with Crippen LogP contribution in [0.15, 0.2) is 76.1 Å². The number of ketones is 2. The average Bonchev–Trinajstić information content (AvgIpc) is 2.94. The third kappa shape index (κ3) is 6.45. The van der Waals surface area contributed by atoms with E-state index in [0.29, 0.717) is 50.5 Å². The van der Waals surface area contributed by atoms with Gasteiger partial charge in [0.15, 0.2) is 23.1 Å². The SMILES string of the molecule is C=CCc1cc(C2C3=C(CC(C)(C)CC3=O)N(CCOC)C3=C2C(=O)CC(C)(C)C3)cc(OC)c1OCc1ccc(Br)cc1. The number of hydrogen-bond donors (Lipinski definition) is 0. The molecule has 0 bridgehead atoms. The number of benzene rings is 2. The number of nitrogens with zero attached hydrogens (tertiary/aromatic N) is 1. The Balaban J connectivity index is 1.69. The smallest absolute Gasteiger partial charge is 0.165 e. The van der Waals surface area contributed by atoms with E-state index in [9.17, 15) is 9.59 Å². The number of Topliss-reactive ketones (excluding diaryl/α,β-unsaturated/α-hetero) is 2. The van der Waals surface area contributed by atoms with Gasteiger partial charge in [-0.2, -0.15) is 0 Å². The van der Waals surface area contributed by atoms with E-state index < -0.39 is 5.92 Å². The van der Waals surface area contributed by atoms with Crippen molar-refractivity contribution in [1.29, 1.82) is 0 Å². The van der Waals surface area contributed by atoms with Crippen LogP contribution in [-0.4, -0.2) is 43.8 Å². The van der Waals surface area contributed by atoms with Crippen molar-refractivity contribution < 1.29 is 23.8 Å². The van der Waals surface area contributed by atoms with Gasteiger partial charge in [0.1, 0.15) is 6.61 Å². The van der Waals surface area contributed by atoms with E-state index in [0.717, 1.165) is 56.5 Å². The van der Waals surface area contributed by atoms with E-state index in [4.69, 9.17) is 14.2 Å². The van der Waals surface area contributed by atoms with E-state index in [1.54, 1.807) is 14.2 Å². The van der Waals surface area contributed by atoms with Crippen LogP contribution < -0.4 is 9.47 Å². The minimum Gasteiger partial charge on any atom is -0.493 e. The standard InChI is InChI=1S/C37H44BrNO5/c1-8-9-24-16-25(17-31(43-7)35(24)44-22-23-10-12-26(38)13-11-23)32-33-27(18-36(2,3)20-29(33)40)39(14-15-42-6)28-19-37(4,5)21-30(41)34(28)32/h8,10-13,16-17,32H,1,9,14-15,18-22H2,2-7H3. The van der Waals surface area contributed by atoms with Crippen LogP contribution >= 0.6 is 15.9 Å². The van der Waals surface area contributed by atoms with E-state index in [2.05, 4.69) is 61.2 Å². The third-order valence-corrected chi connectivity index (χ3v) is 9.44. The van der Waals surface area contributed by atoms with Gasteiger partial charge in [0.2, 0.25) is 0 Å². The molecule has 0 fully saturated rings. The van der Waals surface area contributed by atoms with Gasteiger partial charge in [-0.15, -0.1) is 6.58 Å². The highest BCUT2D eigenvalue weighted by atomic mass is 79.9. The summed E-state index contributed by atoms with van der Waals surface area (Å²) in [5.74, 6) is 0.964. The lowest BCUT2D eigenvalue weighted by atomic mass is 9.63. The zero-order chi connectivity index (χ0) is 31.8. The van der Waals surface area contributed by atoms with Crippen molar-refractivity contribution >= 4 is 27.5 Å². The van der Waals surface area contributed by atoms with Gasteiger partial charge < -0.3 is 19.1 Å². The lowest BCUT2D eigenvalue weighted by Gasteiger charge is -2.49. The number of hydrogen-bond acceptors (Lipinski definition) is 6. The average molecular weight is 663 g/mol. The number of allylic oxidation sites excluding steroid dienone is 5. The van der Waals surface area contributed by atoms with Crippen molar-refractivity contribution in [1.82, 2.24) is 4.90 Å². The van der Waals surface area contributed by atoms with Crippen LogP contribution in [0, 0.1) is 10.8 Å². The van der Waals surface area contributed by atoms with Gasteiger partial charge in [0.05, 0.1) is 13.7 Å². The molecule has 0 saturated carbocycles. The number of halogens is 1. The highest BCUT2D eigenvalue weighted by Crippen LogP contribution is 2.55. The quantitative estimate of drug-likeness (QED) is 0.240. The lowest BCUT2D eigenvalue weighted by Crippen LogP contribution is -2.45. The maximum Gasteiger partial charge on any atom is 0.165 e. The number of methoxy groups -OCH3 is 2. The normalized spacial score (nSPS) is 19.6. The van der Waals surface area contributed by atoms with Crippen LogP contribution in [0.5, 0.6) is 11.5 Å². The molecule has 1 aliphatic heterocycles. The Hall–Kier alpha value is -3.16. The molecule has 2 aromatic rings. The molecule has 2 aromatic carbocycles. The van der Waals surface area contributed by atoms with Crippen LogP contribution in [0.4, 0.5) is 0 Å². The maximum atomic E-state index is 14.1. The summed E-state index contributed by atoms with van der Waals surface area (Å²) in [5.41, 5.74) is 5.97.